The molecule has 0 saturated heterocycles. The van der Waals surface area contributed by atoms with Gasteiger partial charge in [-0.3, -0.25) is 0 Å². The molecule has 0 aromatic heterocycles. The van der Waals surface area contributed by atoms with Gasteiger partial charge in [-0.15, -0.1) is 0 Å². The van der Waals surface area contributed by atoms with Crippen LogP contribution in [0, 0.1) is 0 Å². The minimum absolute atomic E-state index is 0.519. The molecule has 24 heavy (non-hydrogen) atoms. The molecule has 0 unspecified atom stereocenters. The molecule has 2 aromatic carbocycles. The van der Waals surface area contributed by atoms with Crippen LogP contribution in [0.25, 0.3) is 0 Å². The van der Waals surface area contributed by atoms with E-state index in [1.807, 2.05) is 30.3 Å². The van der Waals surface area contributed by atoms with Gasteiger partial charge >= 0.3 is 0 Å². The van der Waals surface area contributed by atoms with Crippen LogP contribution >= 0.6 is 12.2 Å². The number of rotatable bonds is 7. The van der Waals surface area contributed by atoms with Gasteiger partial charge in [0.2, 0.25) is 0 Å². The first-order valence-electron chi connectivity index (χ1n) is 8.05. The van der Waals surface area contributed by atoms with Gasteiger partial charge in [-0.25, -0.2) is 0 Å². The van der Waals surface area contributed by atoms with Gasteiger partial charge < -0.3 is 20.1 Å². The number of hydrogen-bond acceptors (Lipinski definition) is 3. The van der Waals surface area contributed by atoms with Crippen molar-refractivity contribution in [2.45, 2.75) is 26.2 Å². The molecule has 0 radical (unpaired) electrons. The average Bonchev–Trinajstić information content (AvgIpc) is 2.60. The lowest BCUT2D eigenvalue weighted by atomic mass is 10.1. The third-order valence-corrected chi connectivity index (χ3v) is 3.92. The quantitative estimate of drug-likeness (QED) is 0.703. The van der Waals surface area contributed by atoms with E-state index in [0.717, 1.165) is 36.4 Å². The number of thiocarbonyl (C=S) groups is 1. The summed E-state index contributed by atoms with van der Waals surface area (Å²) in [5, 5.41) is 6.98. The number of unbranched alkanes of at least 4 members (excludes halogenated alkanes) is 1. The molecule has 0 aliphatic heterocycles. The summed E-state index contributed by atoms with van der Waals surface area (Å²) >= 11 is 5.46. The van der Waals surface area contributed by atoms with Gasteiger partial charge in [-0.1, -0.05) is 31.5 Å². The summed E-state index contributed by atoms with van der Waals surface area (Å²) in [5.74, 6) is 1.45. The summed E-state index contributed by atoms with van der Waals surface area (Å²) in [7, 11) is 3.26. The first-order chi connectivity index (χ1) is 11.7. The number of aryl methyl sites for hydroxylation is 1. The predicted octanol–water partition coefficient (Wildman–Crippen LogP) is 4.86. The Morgan fingerprint density at radius 2 is 1.75 bits per heavy atom. The molecule has 2 aromatic rings. The van der Waals surface area contributed by atoms with E-state index in [9.17, 15) is 0 Å². The summed E-state index contributed by atoms with van der Waals surface area (Å²) < 4.78 is 10.6. The highest BCUT2D eigenvalue weighted by molar-refractivity contribution is 7.80. The Hall–Kier alpha value is -2.27. The monoisotopic (exact) mass is 344 g/mol. The molecule has 2 N–H and O–H groups in total. The number of anilines is 2. The van der Waals surface area contributed by atoms with Crippen molar-refractivity contribution in [2.75, 3.05) is 24.9 Å². The van der Waals surface area contributed by atoms with Crippen molar-refractivity contribution < 1.29 is 9.47 Å². The Kier molecular flexibility index (Phi) is 6.88. The van der Waals surface area contributed by atoms with Gasteiger partial charge in [0, 0.05) is 11.8 Å². The van der Waals surface area contributed by atoms with E-state index in [1.54, 1.807) is 14.2 Å². The van der Waals surface area contributed by atoms with Gasteiger partial charge in [-0.05, 0) is 48.8 Å². The van der Waals surface area contributed by atoms with Gasteiger partial charge in [0.25, 0.3) is 0 Å². The van der Waals surface area contributed by atoms with Crippen LogP contribution in [0.5, 0.6) is 11.5 Å². The Morgan fingerprint density at radius 1 is 1.00 bits per heavy atom. The Balaban J connectivity index is 2.11. The van der Waals surface area contributed by atoms with Crippen LogP contribution in [0.1, 0.15) is 25.3 Å². The normalized spacial score (nSPS) is 10.1. The molecule has 0 fully saturated rings. The highest BCUT2D eigenvalue weighted by Crippen LogP contribution is 2.29. The molecular weight excluding hydrogens is 320 g/mol. The van der Waals surface area contributed by atoms with Gasteiger partial charge in [-0.2, -0.15) is 0 Å². The van der Waals surface area contributed by atoms with Crippen LogP contribution in [0.4, 0.5) is 11.4 Å². The van der Waals surface area contributed by atoms with Crippen molar-refractivity contribution in [3.63, 3.8) is 0 Å². The highest BCUT2D eigenvalue weighted by atomic mass is 32.1. The number of methoxy groups -OCH3 is 2. The van der Waals surface area contributed by atoms with E-state index < -0.39 is 0 Å². The van der Waals surface area contributed by atoms with Crippen LogP contribution in [0.3, 0.4) is 0 Å². The van der Waals surface area contributed by atoms with Gasteiger partial charge in [0.05, 0.1) is 19.9 Å². The van der Waals surface area contributed by atoms with Crippen molar-refractivity contribution in [1.29, 1.82) is 0 Å². The molecule has 128 valence electrons. The average molecular weight is 344 g/mol. The molecule has 0 heterocycles. The van der Waals surface area contributed by atoms with Crippen LogP contribution < -0.4 is 20.1 Å². The zero-order valence-electron chi connectivity index (χ0n) is 14.4. The van der Waals surface area contributed by atoms with Crippen LogP contribution in [0.15, 0.2) is 42.5 Å². The van der Waals surface area contributed by atoms with E-state index in [4.69, 9.17) is 21.7 Å². The number of nitrogens with one attached hydrogen (secondary N) is 2. The van der Waals surface area contributed by atoms with Gasteiger partial charge in [0.1, 0.15) is 11.5 Å². The number of ether oxygens (including phenoxy) is 2. The fraction of sp³-hybridized carbons (Fsp3) is 0.316. The molecule has 0 saturated carbocycles. The van der Waals surface area contributed by atoms with Crippen LogP contribution in [0.2, 0.25) is 0 Å². The van der Waals surface area contributed by atoms with E-state index in [0.29, 0.717) is 10.9 Å². The molecule has 4 nitrogen and oxygen atoms in total. The van der Waals surface area contributed by atoms with E-state index in [1.165, 1.54) is 5.56 Å². The SMILES string of the molecule is CCCCc1ccccc1NC(=S)Nc1cc(OC)ccc1OC. The molecule has 0 aliphatic rings. The zero-order valence-corrected chi connectivity index (χ0v) is 15.2. The Morgan fingerprint density at radius 3 is 2.46 bits per heavy atom. The number of para-hydroxylation sites is 1. The largest absolute Gasteiger partial charge is 0.497 e. The van der Waals surface area contributed by atoms with Crippen LogP contribution in [-0.2, 0) is 6.42 Å². The van der Waals surface area contributed by atoms with E-state index in [2.05, 4.69) is 29.7 Å². The third-order valence-electron chi connectivity index (χ3n) is 3.72. The maximum atomic E-state index is 5.46. The second-order valence-electron chi connectivity index (χ2n) is 5.41. The zero-order chi connectivity index (χ0) is 17.4. The van der Waals surface area contributed by atoms with Crippen molar-refractivity contribution in [2.24, 2.45) is 0 Å². The minimum atomic E-state index is 0.519. The Labute approximate surface area is 149 Å². The summed E-state index contributed by atoms with van der Waals surface area (Å²) in [4.78, 5) is 0. The first-order valence-corrected chi connectivity index (χ1v) is 8.46. The number of benzene rings is 2. The van der Waals surface area contributed by atoms with Gasteiger partial charge in [0.15, 0.2) is 5.11 Å². The second-order valence-corrected chi connectivity index (χ2v) is 5.81. The topological polar surface area (TPSA) is 42.5 Å². The van der Waals surface area contributed by atoms with Crippen molar-refractivity contribution in [3.8, 4) is 11.5 Å². The summed E-state index contributed by atoms with van der Waals surface area (Å²) in [6, 6.07) is 13.8. The lowest BCUT2D eigenvalue weighted by Crippen LogP contribution is -2.20. The standard InChI is InChI=1S/C19H24N2O2S/c1-4-5-8-14-9-6-7-10-16(14)20-19(24)21-17-13-15(22-2)11-12-18(17)23-3/h6-7,9-13H,4-5,8H2,1-3H3,(H2,20,21,24). The molecule has 0 atom stereocenters. The van der Waals surface area contributed by atoms with Crippen molar-refractivity contribution >= 4 is 28.7 Å². The van der Waals surface area contributed by atoms with Crippen molar-refractivity contribution in [1.82, 2.24) is 0 Å². The molecule has 0 amide bonds. The fourth-order valence-corrected chi connectivity index (χ4v) is 2.64. The summed E-state index contributed by atoms with van der Waals surface area (Å²) in [5.41, 5.74) is 3.06. The first kappa shape index (κ1) is 18.1. The van der Waals surface area contributed by atoms with E-state index in [-0.39, 0.29) is 0 Å². The molecular formula is C19H24N2O2S. The lowest BCUT2D eigenvalue weighted by Gasteiger charge is -2.16. The lowest BCUT2D eigenvalue weighted by molar-refractivity contribution is 0.405. The molecule has 2 rings (SSSR count). The minimum Gasteiger partial charge on any atom is -0.497 e. The molecule has 0 aliphatic carbocycles. The summed E-state index contributed by atoms with van der Waals surface area (Å²) in [6.45, 7) is 2.19. The predicted molar refractivity (Wildman–Crippen MR) is 104 cm³/mol. The van der Waals surface area contributed by atoms with Crippen molar-refractivity contribution in [3.05, 3.63) is 48.0 Å². The maximum absolute atomic E-state index is 5.46. The smallest absolute Gasteiger partial charge is 0.175 e. The second kappa shape index (κ2) is 9.13. The summed E-state index contributed by atoms with van der Waals surface area (Å²) in [6.07, 6.45) is 3.35. The Bertz CT molecular complexity index is 689. The molecule has 5 heteroatoms. The van der Waals surface area contributed by atoms with Crippen LogP contribution in [-0.4, -0.2) is 19.3 Å². The van der Waals surface area contributed by atoms with E-state index >= 15 is 0 Å². The highest BCUT2D eigenvalue weighted by Gasteiger charge is 2.08. The fourth-order valence-electron chi connectivity index (χ4n) is 2.42. The molecule has 0 spiro atoms. The number of hydrogen-bond donors (Lipinski definition) is 2. The maximum Gasteiger partial charge on any atom is 0.175 e. The third kappa shape index (κ3) is 4.86. The molecule has 0 bridgehead atoms.